The van der Waals surface area contributed by atoms with Crippen molar-refractivity contribution in [2.24, 2.45) is 0 Å². The van der Waals surface area contributed by atoms with Gasteiger partial charge >= 0.3 is 41.9 Å². The number of rotatable bonds is 3. The molecule has 0 aliphatic heterocycles. The molecule has 0 aliphatic carbocycles. The van der Waals surface area contributed by atoms with Crippen LogP contribution < -0.4 is 24.8 Å². The van der Waals surface area contributed by atoms with Gasteiger partial charge in [-0.15, -0.1) is 68.6 Å². The van der Waals surface area contributed by atoms with Crippen molar-refractivity contribution in [2.45, 2.75) is 46.7 Å². The first-order valence-corrected chi connectivity index (χ1v) is 22.7. The van der Waals surface area contributed by atoms with Gasteiger partial charge in [-0.1, -0.05) is 136 Å². The van der Waals surface area contributed by atoms with Crippen molar-refractivity contribution in [3.8, 4) is 22.3 Å². The Labute approximate surface area is 319 Å². The Hall–Kier alpha value is -3.26. The second-order valence-corrected chi connectivity index (χ2v) is 22.5. The van der Waals surface area contributed by atoms with E-state index in [1.165, 1.54) is 82.0 Å². The van der Waals surface area contributed by atoms with Gasteiger partial charge in [-0.05, 0) is 38.6 Å². The third-order valence-electron chi connectivity index (χ3n) is 8.85. The summed E-state index contributed by atoms with van der Waals surface area (Å²) < 4.78 is 0. The molecule has 8 aromatic rings. The van der Waals surface area contributed by atoms with Gasteiger partial charge in [0.05, 0.1) is 0 Å². The van der Waals surface area contributed by atoms with Gasteiger partial charge in [0.15, 0.2) is 0 Å². The molecule has 0 aliphatic rings. The Morgan fingerprint density at radius 3 is 1.90 bits per heavy atom. The second-order valence-electron chi connectivity index (χ2n) is 13.1. The Bertz CT molecular complexity index is 2340. The number of halogens is 2. The van der Waals surface area contributed by atoms with Crippen LogP contribution in [-0.2, 0) is 23.3 Å². The molecule has 0 radical (unpaired) electrons. The minimum absolute atomic E-state index is 0. The Balaban J connectivity index is 0.000000204. The summed E-state index contributed by atoms with van der Waals surface area (Å²) in [5, 5.41) is 10.7. The molecule has 0 atom stereocenters. The van der Waals surface area contributed by atoms with Crippen LogP contribution in [-0.4, -0.2) is 5.43 Å². The maximum atomic E-state index is 2.37. The summed E-state index contributed by atoms with van der Waals surface area (Å²) in [6, 6.07) is 50.8. The molecular formula is C45H42Cl2SiZr-2. The molecule has 0 N–H and O–H groups in total. The summed E-state index contributed by atoms with van der Waals surface area (Å²) in [6.07, 6.45) is 0. The number of aryl methyl sites for hydroxylation is 2. The fourth-order valence-electron chi connectivity index (χ4n) is 6.56. The van der Waals surface area contributed by atoms with Crippen LogP contribution in [0.4, 0.5) is 0 Å². The largest absolute Gasteiger partial charge is 1.00 e. The number of hydrogen-bond acceptors (Lipinski definition) is 0. The molecule has 0 saturated heterocycles. The van der Waals surface area contributed by atoms with E-state index in [1.54, 1.807) is 23.3 Å². The molecule has 0 spiro atoms. The Morgan fingerprint density at radius 2 is 1.18 bits per heavy atom. The van der Waals surface area contributed by atoms with Gasteiger partial charge in [-0.3, -0.25) is 0 Å². The summed E-state index contributed by atoms with van der Waals surface area (Å²) in [5.41, 5.74) is 9.59. The smallest absolute Gasteiger partial charge is 0.0279 e. The maximum Gasteiger partial charge on any atom is -0.0279 e. The van der Waals surface area contributed by atoms with E-state index < -0.39 is 0 Å². The third kappa shape index (κ3) is 8.56. The summed E-state index contributed by atoms with van der Waals surface area (Å²) in [6.45, 7) is 13.5. The average molecular weight is 773 g/mol. The molecule has 0 bridgehead atoms. The average Bonchev–Trinajstić information content (AvgIpc) is 3.70. The van der Waals surface area contributed by atoms with E-state index in [-0.39, 0.29) is 30.2 Å². The first-order chi connectivity index (χ1) is 22.7. The fraction of sp³-hybridized carbons (Fsp3) is 0.156. The van der Waals surface area contributed by atoms with E-state index in [2.05, 4.69) is 180 Å². The van der Waals surface area contributed by atoms with Crippen LogP contribution in [0.1, 0.15) is 36.5 Å². The maximum absolute atomic E-state index is 2.37. The van der Waals surface area contributed by atoms with Crippen molar-refractivity contribution in [1.29, 1.82) is 0 Å². The number of fused-ring (bicyclic) bond motifs is 5. The predicted molar refractivity (Wildman–Crippen MR) is 206 cm³/mol. The molecule has 0 fully saturated rings. The van der Waals surface area contributed by atoms with Crippen molar-refractivity contribution in [1.82, 2.24) is 0 Å². The minimum Gasteiger partial charge on any atom is -1.00 e. The number of hydrogen-bond donors (Lipinski definition) is 0. The predicted octanol–water partition coefficient (Wildman–Crippen LogP) is 7.29. The zero-order chi connectivity index (χ0) is 33.1. The van der Waals surface area contributed by atoms with Crippen molar-refractivity contribution >= 4 is 48.5 Å². The van der Waals surface area contributed by atoms with Gasteiger partial charge in [0, 0.05) is 0 Å². The van der Waals surface area contributed by atoms with E-state index in [1.807, 2.05) is 0 Å². The van der Waals surface area contributed by atoms with Crippen LogP contribution in [0.5, 0.6) is 0 Å². The van der Waals surface area contributed by atoms with Crippen molar-refractivity contribution < 1.29 is 48.1 Å². The SMILES string of the molecule is CC(C)c1cc2c(-c3cccc4c3ccc3ccccc34)cccc2[cH-]1.C[Si](C)=[Zr+2].Cc1cc2c(-c3ccccc3)ccc(C)c2[cH-]1.[Cl-].[Cl-]. The van der Waals surface area contributed by atoms with E-state index in [4.69, 9.17) is 0 Å². The van der Waals surface area contributed by atoms with Gasteiger partial charge in [-0.25, -0.2) is 0 Å². The van der Waals surface area contributed by atoms with Crippen molar-refractivity contribution in [2.75, 3.05) is 0 Å². The summed E-state index contributed by atoms with van der Waals surface area (Å²) in [7, 11) is 0. The van der Waals surface area contributed by atoms with Crippen LogP contribution >= 0.6 is 0 Å². The quantitative estimate of drug-likeness (QED) is 0.101. The fourth-order valence-corrected chi connectivity index (χ4v) is 6.56. The summed E-state index contributed by atoms with van der Waals surface area (Å²) in [5.74, 6) is 0.548. The normalized spacial score (nSPS) is 10.6. The van der Waals surface area contributed by atoms with Crippen LogP contribution in [0, 0.1) is 13.8 Å². The number of benzene rings is 6. The zero-order valence-electron chi connectivity index (χ0n) is 29.1. The molecule has 0 aromatic heterocycles. The standard InChI is InChI=1S/C26H21.C17H15.C2H6Si.2ClH.Zr/c1-17(2)20-15-19-8-5-10-24(26(19)16-20)23-12-6-11-22-21-9-4-3-7-18(21)13-14-25(22)23;1-12-10-16-13(2)8-9-15(17(16)11-12)14-6-4-3-5-7-14;1-3-2;;;/h3-17H,1-2H3;3-11H,1-2H3;1-2H3;2*1H;/q2*-1;;;;+2/p-2. The molecule has 8 rings (SSSR count). The monoisotopic (exact) mass is 770 g/mol. The van der Waals surface area contributed by atoms with E-state index in [9.17, 15) is 0 Å². The first kappa shape index (κ1) is 38.5. The van der Waals surface area contributed by atoms with E-state index in [0.717, 1.165) is 0 Å². The molecule has 0 nitrogen and oxygen atoms in total. The van der Waals surface area contributed by atoms with Crippen LogP contribution in [0.25, 0.3) is 65.3 Å². The minimum atomic E-state index is 0. The zero-order valence-corrected chi connectivity index (χ0v) is 34.1. The van der Waals surface area contributed by atoms with Gasteiger partial charge < -0.3 is 24.8 Å². The van der Waals surface area contributed by atoms with E-state index >= 15 is 0 Å². The molecule has 0 unspecified atom stereocenters. The van der Waals surface area contributed by atoms with Crippen LogP contribution in [0.15, 0.2) is 140 Å². The van der Waals surface area contributed by atoms with Gasteiger partial charge in [0.25, 0.3) is 0 Å². The van der Waals surface area contributed by atoms with E-state index in [0.29, 0.717) is 5.92 Å². The molecule has 0 saturated carbocycles. The molecule has 8 aromatic carbocycles. The van der Waals surface area contributed by atoms with Gasteiger partial charge in [0.1, 0.15) is 0 Å². The molecule has 4 heteroatoms. The molecule has 49 heavy (non-hydrogen) atoms. The summed E-state index contributed by atoms with van der Waals surface area (Å²) in [4.78, 5) is 0. The molecule has 0 amide bonds. The topological polar surface area (TPSA) is 0 Å². The van der Waals surface area contributed by atoms with Gasteiger partial charge in [0.2, 0.25) is 0 Å². The van der Waals surface area contributed by atoms with Crippen molar-refractivity contribution in [3.63, 3.8) is 0 Å². The second kappa shape index (κ2) is 17.1. The van der Waals surface area contributed by atoms with Crippen molar-refractivity contribution in [3.05, 3.63) is 156 Å². The van der Waals surface area contributed by atoms with Crippen LogP contribution in [0.2, 0.25) is 13.1 Å². The third-order valence-corrected chi connectivity index (χ3v) is 8.85. The summed E-state index contributed by atoms with van der Waals surface area (Å²) >= 11 is 1.74. The van der Waals surface area contributed by atoms with Gasteiger partial charge in [-0.2, -0.15) is 12.1 Å². The first-order valence-electron chi connectivity index (χ1n) is 16.6. The van der Waals surface area contributed by atoms with Crippen LogP contribution in [0.3, 0.4) is 0 Å². The Kier molecular flexibility index (Phi) is 13.5. The Morgan fingerprint density at radius 1 is 0.551 bits per heavy atom. The molecule has 246 valence electrons. The molecular weight excluding hydrogens is 731 g/mol. The molecule has 0 heterocycles.